The van der Waals surface area contributed by atoms with Crippen molar-refractivity contribution in [1.82, 2.24) is 24.4 Å². The maximum atomic E-state index is 12.6. The van der Waals surface area contributed by atoms with Crippen molar-refractivity contribution in [1.29, 1.82) is 0 Å². The van der Waals surface area contributed by atoms with E-state index in [0.717, 1.165) is 23.0 Å². The molecule has 3 aromatic rings. The highest BCUT2D eigenvalue weighted by atomic mass is 19.3. The van der Waals surface area contributed by atoms with Crippen molar-refractivity contribution in [3.8, 4) is 11.6 Å². The van der Waals surface area contributed by atoms with E-state index < -0.39 is 6.61 Å². The van der Waals surface area contributed by atoms with Gasteiger partial charge in [-0.2, -0.15) is 8.78 Å². The normalized spacial score (nSPS) is 14.0. The second kappa shape index (κ2) is 9.16. The monoisotopic (exact) mass is 443 g/mol. The van der Waals surface area contributed by atoms with Crippen molar-refractivity contribution in [2.75, 3.05) is 36.4 Å². The Kier molecular flexibility index (Phi) is 6.15. The average molecular weight is 443 g/mol. The first-order valence-corrected chi connectivity index (χ1v) is 10.1. The van der Waals surface area contributed by atoms with Gasteiger partial charge in [0.2, 0.25) is 0 Å². The first-order chi connectivity index (χ1) is 15.4. The van der Waals surface area contributed by atoms with Gasteiger partial charge in [-0.1, -0.05) is 6.07 Å². The van der Waals surface area contributed by atoms with Gasteiger partial charge in [-0.15, -0.1) is 0 Å². The fourth-order valence-corrected chi connectivity index (χ4v) is 3.46. The van der Waals surface area contributed by atoms with Crippen molar-refractivity contribution < 1.29 is 18.3 Å². The Morgan fingerprint density at radius 2 is 1.81 bits per heavy atom. The molecule has 1 N–H and O–H groups in total. The summed E-state index contributed by atoms with van der Waals surface area (Å²) in [5.74, 6) is 1.50. The topological polar surface area (TPSA) is 88.4 Å². The highest BCUT2D eigenvalue weighted by Crippen LogP contribution is 2.21. The molecule has 0 unspecified atom stereocenters. The van der Waals surface area contributed by atoms with Gasteiger partial charge in [0.05, 0.1) is 5.69 Å². The summed E-state index contributed by atoms with van der Waals surface area (Å²) in [6.07, 6.45) is 3.26. The molecule has 11 heteroatoms. The summed E-state index contributed by atoms with van der Waals surface area (Å²) >= 11 is 0. The first-order valence-electron chi connectivity index (χ1n) is 10.1. The third-order valence-corrected chi connectivity index (χ3v) is 5.34. The molecule has 1 saturated heterocycles. The fourth-order valence-electron chi connectivity index (χ4n) is 3.46. The lowest BCUT2D eigenvalue weighted by Crippen LogP contribution is -2.50. The maximum absolute atomic E-state index is 12.6. The largest absolute Gasteiger partial charge is 0.435 e. The van der Waals surface area contributed by atoms with E-state index in [1.807, 2.05) is 24.5 Å². The van der Waals surface area contributed by atoms with Crippen LogP contribution in [0.5, 0.6) is 5.75 Å². The van der Waals surface area contributed by atoms with Crippen molar-refractivity contribution in [2.24, 2.45) is 0 Å². The molecule has 4 rings (SSSR count). The Balaban J connectivity index is 1.37. The molecular weight excluding hydrogens is 420 g/mol. The molecule has 0 atom stereocenters. The Morgan fingerprint density at radius 3 is 2.50 bits per heavy atom. The van der Waals surface area contributed by atoms with Gasteiger partial charge in [-0.25, -0.2) is 19.7 Å². The minimum atomic E-state index is -2.92. The number of alkyl halides is 2. The van der Waals surface area contributed by atoms with E-state index in [1.54, 1.807) is 23.4 Å². The molecule has 9 nitrogen and oxygen atoms in total. The summed E-state index contributed by atoms with van der Waals surface area (Å²) in [5.41, 5.74) is 2.34. The quantitative estimate of drug-likeness (QED) is 0.651. The summed E-state index contributed by atoms with van der Waals surface area (Å²) in [7, 11) is 0. The number of ether oxygens (including phenoxy) is 1. The van der Waals surface area contributed by atoms with Gasteiger partial charge in [-0.05, 0) is 26.0 Å². The number of benzene rings is 1. The molecule has 0 aliphatic carbocycles. The number of urea groups is 1. The van der Waals surface area contributed by atoms with E-state index in [9.17, 15) is 13.6 Å². The van der Waals surface area contributed by atoms with Crippen LogP contribution in [0.4, 0.5) is 25.1 Å². The van der Waals surface area contributed by atoms with Gasteiger partial charge in [0.1, 0.15) is 30.0 Å². The van der Waals surface area contributed by atoms with Crippen LogP contribution in [-0.4, -0.2) is 63.2 Å². The second-order valence-electron chi connectivity index (χ2n) is 7.33. The van der Waals surface area contributed by atoms with Gasteiger partial charge in [-0.3, -0.25) is 4.57 Å². The Labute approximate surface area is 183 Å². The van der Waals surface area contributed by atoms with Gasteiger partial charge < -0.3 is 19.9 Å². The molecule has 3 heterocycles. The SMILES string of the molecule is Cc1ncn(-c2cc(N3CCN(C(=O)Nc4cccc(OC(F)F)c4)CC3)ncn2)c1C. The zero-order chi connectivity index (χ0) is 22.7. The number of aromatic nitrogens is 4. The highest BCUT2D eigenvalue weighted by molar-refractivity contribution is 5.89. The summed E-state index contributed by atoms with van der Waals surface area (Å²) in [6, 6.07) is 7.53. The molecule has 168 valence electrons. The number of piperazine rings is 1. The molecule has 0 saturated carbocycles. The highest BCUT2D eigenvalue weighted by Gasteiger charge is 2.23. The Hall–Kier alpha value is -3.76. The lowest BCUT2D eigenvalue weighted by atomic mass is 10.3. The molecular formula is C21H23F2N7O2. The molecule has 1 aromatic carbocycles. The summed E-state index contributed by atoms with van der Waals surface area (Å²) < 4.78 is 31.1. The number of aryl methyl sites for hydroxylation is 1. The zero-order valence-corrected chi connectivity index (χ0v) is 17.7. The first kappa shape index (κ1) is 21.5. The number of anilines is 2. The minimum Gasteiger partial charge on any atom is -0.435 e. The number of halogens is 2. The van der Waals surface area contributed by atoms with Crippen molar-refractivity contribution in [3.05, 3.63) is 54.4 Å². The van der Waals surface area contributed by atoms with Crippen LogP contribution in [0, 0.1) is 13.8 Å². The standard InChI is InChI=1S/C21H23F2N7O2/c1-14-15(2)30(13-26-14)19-11-18(24-12-25-19)28-6-8-29(9-7-28)21(31)27-16-4-3-5-17(10-16)32-20(22)23/h3-5,10-13,20H,6-9H2,1-2H3,(H,27,31). The molecule has 0 spiro atoms. The van der Waals surface area contributed by atoms with Crippen LogP contribution in [0.2, 0.25) is 0 Å². The van der Waals surface area contributed by atoms with Crippen LogP contribution in [0.25, 0.3) is 5.82 Å². The fraction of sp³-hybridized carbons (Fsp3) is 0.333. The van der Waals surface area contributed by atoms with Crippen LogP contribution in [0.3, 0.4) is 0 Å². The number of hydrogen-bond donors (Lipinski definition) is 1. The van der Waals surface area contributed by atoms with Gasteiger partial charge in [0.15, 0.2) is 0 Å². The average Bonchev–Trinajstić information content (AvgIpc) is 3.12. The number of nitrogens with zero attached hydrogens (tertiary/aromatic N) is 6. The van der Waals surface area contributed by atoms with Crippen LogP contribution in [-0.2, 0) is 0 Å². The van der Waals surface area contributed by atoms with Gasteiger partial charge in [0.25, 0.3) is 0 Å². The number of hydrogen-bond acceptors (Lipinski definition) is 6. The molecule has 0 bridgehead atoms. The number of carbonyl (C=O) groups is 1. The summed E-state index contributed by atoms with van der Waals surface area (Å²) in [4.78, 5) is 29.4. The molecule has 1 aliphatic heterocycles. The maximum Gasteiger partial charge on any atom is 0.387 e. The zero-order valence-electron chi connectivity index (χ0n) is 17.7. The van der Waals surface area contributed by atoms with Crippen LogP contribution in [0.15, 0.2) is 43.0 Å². The molecule has 32 heavy (non-hydrogen) atoms. The van der Waals surface area contributed by atoms with Crippen molar-refractivity contribution in [3.63, 3.8) is 0 Å². The second-order valence-corrected chi connectivity index (χ2v) is 7.33. The van der Waals surface area contributed by atoms with Crippen LogP contribution in [0.1, 0.15) is 11.4 Å². The number of nitrogens with one attached hydrogen (secondary N) is 1. The van der Waals surface area contributed by atoms with E-state index >= 15 is 0 Å². The van der Waals surface area contributed by atoms with Crippen molar-refractivity contribution in [2.45, 2.75) is 20.5 Å². The predicted molar refractivity (Wildman–Crippen MR) is 115 cm³/mol. The number of amides is 2. The molecule has 0 radical (unpaired) electrons. The van der Waals surface area contributed by atoms with E-state index in [1.165, 1.54) is 18.5 Å². The third kappa shape index (κ3) is 4.76. The molecule has 1 fully saturated rings. The predicted octanol–water partition coefficient (Wildman–Crippen LogP) is 3.23. The van der Waals surface area contributed by atoms with E-state index in [2.05, 4.69) is 29.9 Å². The minimum absolute atomic E-state index is 0.00879. The van der Waals surface area contributed by atoms with Crippen LogP contribution >= 0.6 is 0 Å². The molecule has 2 amide bonds. The van der Waals surface area contributed by atoms with Crippen LogP contribution < -0.4 is 15.0 Å². The van der Waals surface area contributed by atoms with Crippen molar-refractivity contribution >= 4 is 17.5 Å². The third-order valence-electron chi connectivity index (χ3n) is 5.34. The van der Waals surface area contributed by atoms with Gasteiger partial charge >= 0.3 is 12.6 Å². The summed E-state index contributed by atoms with van der Waals surface area (Å²) in [6.45, 7) is 3.18. The smallest absolute Gasteiger partial charge is 0.387 e. The van der Waals surface area contributed by atoms with Gasteiger partial charge in [0, 0.05) is 49.7 Å². The number of rotatable bonds is 5. The van der Waals surface area contributed by atoms with E-state index in [-0.39, 0.29) is 11.8 Å². The Morgan fingerprint density at radius 1 is 1.06 bits per heavy atom. The van der Waals surface area contributed by atoms with E-state index in [0.29, 0.717) is 31.9 Å². The number of carbonyl (C=O) groups excluding carboxylic acids is 1. The molecule has 2 aromatic heterocycles. The molecule has 1 aliphatic rings. The lowest BCUT2D eigenvalue weighted by Gasteiger charge is -2.35. The Bertz CT molecular complexity index is 1100. The summed E-state index contributed by atoms with van der Waals surface area (Å²) in [5, 5.41) is 2.73. The lowest BCUT2D eigenvalue weighted by molar-refractivity contribution is -0.0498. The number of imidazole rings is 1. The van der Waals surface area contributed by atoms with E-state index in [4.69, 9.17) is 0 Å².